The number of aromatic nitrogens is 2. The molecule has 4 aliphatic heterocycles. The highest BCUT2D eigenvalue weighted by molar-refractivity contribution is 7.99. The largest absolute Gasteiger partial charge is 0.481 e. The van der Waals surface area contributed by atoms with Gasteiger partial charge in [0.05, 0.1) is 42.3 Å². The van der Waals surface area contributed by atoms with Crippen LogP contribution in [0.3, 0.4) is 0 Å². The predicted octanol–water partition coefficient (Wildman–Crippen LogP) is 22.7. The van der Waals surface area contributed by atoms with Crippen LogP contribution in [0.5, 0.6) is 0 Å². The van der Waals surface area contributed by atoms with Gasteiger partial charge in [-0.15, -0.1) is 23.5 Å². The Morgan fingerprint density at radius 2 is 0.826 bits per heavy atom. The smallest absolute Gasteiger partial charge is 0.309 e. The summed E-state index contributed by atoms with van der Waals surface area (Å²) in [5.41, 5.74) is 12.3. The molecule has 2 atom stereocenters. The Morgan fingerprint density at radius 3 is 1.20 bits per heavy atom. The molecule has 10 aromatic carbocycles. The Morgan fingerprint density at radius 1 is 0.444 bits per heavy atom. The number of halogens is 5. The topological polar surface area (TPSA) is 289 Å². The number of carboxylic acid groups (broad SMARTS) is 2. The van der Waals surface area contributed by atoms with E-state index in [1.165, 1.54) is 54.6 Å². The number of aryl methyl sites for hydroxylation is 2. The summed E-state index contributed by atoms with van der Waals surface area (Å²) >= 11 is 15.7. The van der Waals surface area contributed by atoms with Crippen molar-refractivity contribution >= 4 is 144 Å². The SMILES string of the molecule is Cc1cc(S(=O)(=O)Nc2ccc(N3CCN(c4cc(F)cc(-c5c(S(C)(=O)=O)c(C)n(C(C)C)c5-c5ccc(Cl)cc5)c4)CC3)cc2)ccc1N[C@H](CCN1CCC(C(=O)O)CC1)CSc1ccccc1F.Cc1cc(S(=O)(=O)Nc2ccc(N3CCN(c4cc(F)cc(-c5c(S(C)(=O)=O)c(C)n(C(C)C)c5-c5ccc(Cl)cc5)c4)CC3)cc2)ccc1N[C@H](CCN1CCC(C)(C(=O)O)CC1)CSc1ccccc1. The third-order valence-electron chi connectivity index (χ3n) is 27.6. The fourth-order valence-electron chi connectivity index (χ4n) is 19.8. The number of nitrogens with zero attached hydrogens (tertiary/aromatic N) is 8. The lowest BCUT2D eigenvalue weighted by atomic mass is 9.80. The van der Waals surface area contributed by atoms with E-state index >= 15 is 8.78 Å². The van der Waals surface area contributed by atoms with E-state index in [1.807, 2.05) is 143 Å². The van der Waals surface area contributed by atoms with E-state index in [9.17, 15) is 57.9 Å². The maximum absolute atomic E-state index is 15.7. The second kappa shape index (κ2) is 45.9. The zero-order chi connectivity index (χ0) is 103. The van der Waals surface area contributed by atoms with Gasteiger partial charge in [-0.3, -0.25) is 19.0 Å². The highest BCUT2D eigenvalue weighted by atomic mass is 35.5. The third-order valence-corrected chi connectivity index (χ3v) is 35.7. The van der Waals surface area contributed by atoms with Crippen molar-refractivity contribution in [1.82, 2.24) is 18.9 Å². The third kappa shape index (κ3) is 25.9. The van der Waals surface area contributed by atoms with Crippen LogP contribution in [0.4, 0.5) is 58.7 Å². The molecule has 4 saturated heterocycles. The lowest BCUT2D eigenvalue weighted by molar-refractivity contribution is -0.150. The molecular formula is C109H125Cl2F3N12O12S6. The number of benzene rings is 10. The predicted molar refractivity (Wildman–Crippen MR) is 579 cm³/mol. The number of aliphatic carboxylic acids is 2. The van der Waals surface area contributed by atoms with Crippen molar-refractivity contribution in [3.8, 4) is 44.8 Å². The number of carboxylic acids is 2. The van der Waals surface area contributed by atoms with Crippen molar-refractivity contribution < 1.29 is 66.6 Å². The van der Waals surface area contributed by atoms with Gasteiger partial charge in [0.1, 0.15) is 17.5 Å². The zero-order valence-corrected chi connectivity index (χ0v) is 89.1. The van der Waals surface area contributed by atoms with E-state index in [0.29, 0.717) is 180 Å². The number of hydrogen-bond acceptors (Lipinski definition) is 20. The van der Waals surface area contributed by atoms with Crippen LogP contribution < -0.4 is 39.7 Å². The van der Waals surface area contributed by atoms with Crippen molar-refractivity contribution in [2.75, 3.05) is 155 Å². The number of thioether (sulfide) groups is 2. The Bertz CT molecular complexity index is 7100. The average Bonchev–Trinajstić information content (AvgIpc) is 1.58. The van der Waals surface area contributed by atoms with Crippen LogP contribution in [0.1, 0.15) is 108 Å². The molecule has 764 valence electrons. The average molecular weight is 2120 g/mol. The Hall–Kier alpha value is -11.1. The van der Waals surface area contributed by atoms with Gasteiger partial charge in [0.25, 0.3) is 20.0 Å². The Kier molecular flexibility index (Phi) is 34.1. The number of carbonyl (C=O) groups is 2. The number of piperazine rings is 2. The molecule has 12 aromatic rings. The van der Waals surface area contributed by atoms with E-state index in [0.717, 1.165) is 94.7 Å². The first-order chi connectivity index (χ1) is 68.4. The molecular weight excluding hydrogens is 1990 g/mol. The number of sulfone groups is 2. The van der Waals surface area contributed by atoms with Gasteiger partial charge in [0.2, 0.25) is 0 Å². The first-order valence-electron chi connectivity index (χ1n) is 48.4. The second-order valence-electron chi connectivity index (χ2n) is 38.7. The number of nitrogens with one attached hydrogen (secondary N) is 4. The van der Waals surface area contributed by atoms with Crippen LogP contribution in [0.15, 0.2) is 254 Å². The van der Waals surface area contributed by atoms with Crippen molar-refractivity contribution in [3.63, 3.8) is 0 Å². The van der Waals surface area contributed by atoms with E-state index in [2.05, 4.69) is 61.6 Å². The summed E-state index contributed by atoms with van der Waals surface area (Å²) in [5.74, 6) is -1.70. The maximum Gasteiger partial charge on any atom is 0.309 e. The lowest BCUT2D eigenvalue weighted by Crippen LogP contribution is -2.46. The van der Waals surface area contributed by atoms with Gasteiger partial charge < -0.3 is 59.4 Å². The standard InChI is InChI=1S/C55H64ClFN6O6S3.C54H61ClF2N6O6S3/c1-37(2)63-39(4)53(71(6,66)67)51(52(63)40-12-14-42(56)15-13-40)41-33-43(57)35-47(34-41)62-30-28-61(29-31-62)46-18-16-44(17-19-46)59-72(68,69)49-20-21-50(38(3)32-49)58-45(36-70-48-10-8-7-9-11-48)22-25-60-26-23-55(5,24-27-60)54(64)65;1-35(2)63-37(4)53(71(5,66)67)51(52(63)38-10-12-41(55)13-11-38)40-31-42(56)33-46(32-40)62-28-26-61(27-29-62)45-16-14-43(15-17-45)59-72(68,69)47-18-19-49(36(3)30-47)58-44(34-70-50-9-7-6-8-48(50)57)22-25-60-23-20-39(21-24-60)54(64)65/h7-21,32-35,37,45,58-59H,22-31,36H2,1-6H3,(H,64,65);6-19,30-33,35,39,44,58-59H,20-29,34H2,1-5H3,(H,64,65)/t45-;44-/m11/s1. The molecule has 0 radical (unpaired) electrons. The van der Waals surface area contributed by atoms with E-state index in [4.69, 9.17) is 23.2 Å². The monoisotopic (exact) mass is 2110 g/mol. The molecule has 16 rings (SSSR count). The van der Waals surface area contributed by atoms with Crippen LogP contribution in [-0.2, 0) is 49.3 Å². The molecule has 0 saturated carbocycles. The van der Waals surface area contributed by atoms with Crippen LogP contribution in [-0.4, -0.2) is 202 Å². The van der Waals surface area contributed by atoms with Gasteiger partial charge >= 0.3 is 11.9 Å². The Balaban J connectivity index is 0.000000217. The van der Waals surface area contributed by atoms with Crippen molar-refractivity contribution in [1.29, 1.82) is 0 Å². The van der Waals surface area contributed by atoms with Crippen LogP contribution in [0, 0.1) is 56.5 Å². The summed E-state index contributed by atoms with van der Waals surface area (Å²) in [6.07, 6.45) is 6.38. The second-order valence-corrected chi connectivity index (χ2v) is 48.9. The molecule has 0 amide bonds. The van der Waals surface area contributed by atoms with Crippen LogP contribution in [0.25, 0.3) is 44.8 Å². The minimum absolute atomic E-state index is 0.0722. The minimum Gasteiger partial charge on any atom is -0.481 e. The van der Waals surface area contributed by atoms with Gasteiger partial charge in [0.15, 0.2) is 19.7 Å². The summed E-state index contributed by atoms with van der Waals surface area (Å²) in [7, 11) is -15.4. The van der Waals surface area contributed by atoms with Crippen LogP contribution >= 0.6 is 46.7 Å². The Labute approximate surface area is 863 Å². The molecule has 6 N–H and O–H groups in total. The van der Waals surface area contributed by atoms with Gasteiger partial charge in [-0.2, -0.15) is 0 Å². The fourth-order valence-corrected chi connectivity index (χ4v) is 26.8. The highest BCUT2D eigenvalue weighted by Crippen LogP contribution is 2.48. The van der Waals surface area contributed by atoms with Gasteiger partial charge in [-0.25, -0.2) is 46.8 Å². The molecule has 0 aliphatic carbocycles. The number of likely N-dealkylation sites (tertiary alicyclic amines) is 2. The maximum atomic E-state index is 15.7. The van der Waals surface area contributed by atoms with Crippen LogP contribution in [0.2, 0.25) is 10.0 Å². The normalized spacial score (nSPS) is 15.7. The molecule has 4 fully saturated rings. The van der Waals surface area contributed by atoms with E-state index in [1.54, 1.807) is 123 Å². The van der Waals surface area contributed by atoms with Gasteiger partial charge in [-0.05, 0) is 330 Å². The molecule has 24 nitrogen and oxygen atoms in total. The van der Waals surface area contributed by atoms with Crippen molar-refractivity contribution in [2.45, 2.75) is 154 Å². The molecule has 0 bridgehead atoms. The molecule has 6 heterocycles. The summed E-state index contributed by atoms with van der Waals surface area (Å²) in [5, 5.41) is 27.5. The number of anilines is 8. The number of hydrogen-bond donors (Lipinski definition) is 6. The summed E-state index contributed by atoms with van der Waals surface area (Å²) in [6.45, 7) is 26.2. The van der Waals surface area contributed by atoms with E-state index < -0.39 is 68.7 Å². The van der Waals surface area contributed by atoms with Gasteiger partial charge in [0, 0.05) is 201 Å². The summed E-state index contributed by atoms with van der Waals surface area (Å²) in [6, 6.07) is 65.2. The van der Waals surface area contributed by atoms with Gasteiger partial charge in [-0.1, -0.05) is 77.8 Å². The number of rotatable bonds is 36. The number of sulfonamides is 2. The van der Waals surface area contributed by atoms with Crippen molar-refractivity contribution in [2.24, 2.45) is 11.3 Å². The fraction of sp³-hybridized carbons (Fsp3) is 0.358. The first kappa shape index (κ1) is 107. The highest BCUT2D eigenvalue weighted by Gasteiger charge is 2.39. The minimum atomic E-state index is -3.97. The zero-order valence-electron chi connectivity index (χ0n) is 82.7. The summed E-state index contributed by atoms with van der Waals surface area (Å²) in [4.78, 5) is 38.8. The lowest BCUT2D eigenvalue weighted by Gasteiger charge is -2.37. The quantitative estimate of drug-likeness (QED) is 0.0199. The molecule has 0 unspecified atom stereocenters. The number of piperidine rings is 2. The molecule has 144 heavy (non-hydrogen) atoms. The van der Waals surface area contributed by atoms with E-state index in [-0.39, 0.29) is 55.5 Å². The van der Waals surface area contributed by atoms with Crippen molar-refractivity contribution in [3.05, 3.63) is 274 Å². The molecule has 35 heteroatoms. The molecule has 0 spiro atoms. The first-order valence-corrected chi connectivity index (χ1v) is 57.9. The molecule has 2 aromatic heterocycles. The molecule has 4 aliphatic rings. The summed E-state index contributed by atoms with van der Waals surface area (Å²) < 4.78 is 165.